The minimum absolute atomic E-state index is 0.0221. The molecule has 0 aromatic rings. The summed E-state index contributed by atoms with van der Waals surface area (Å²) in [5.74, 6) is -4.34. The zero-order valence-corrected chi connectivity index (χ0v) is 9.50. The maximum Gasteiger partial charge on any atom is 0.471 e. The van der Waals surface area contributed by atoms with Gasteiger partial charge in [-0.15, -0.1) is 0 Å². The average molecular weight is 269 g/mol. The van der Waals surface area contributed by atoms with Gasteiger partial charge in [0.2, 0.25) is 0 Å². The smallest absolute Gasteiger partial charge is 0.471 e. The standard InChI is InChI=1S/C10H14F3NO4/c11-10(12,13)9(17)14-4-7(8(15)16)3-6-1-2-18-5-6/h6-7H,1-5H2,(H,14,17)(H,15,16). The van der Waals surface area contributed by atoms with E-state index in [4.69, 9.17) is 9.84 Å². The Balaban J connectivity index is 2.43. The number of ether oxygens (including phenoxy) is 1. The fourth-order valence-electron chi connectivity index (χ4n) is 1.76. The van der Waals surface area contributed by atoms with Gasteiger partial charge in [0.15, 0.2) is 0 Å². The predicted octanol–water partition coefficient (Wildman–Crippen LogP) is 0.792. The molecule has 2 N–H and O–H groups in total. The number of amides is 1. The van der Waals surface area contributed by atoms with Crippen LogP contribution >= 0.6 is 0 Å². The highest BCUT2D eigenvalue weighted by Gasteiger charge is 2.39. The van der Waals surface area contributed by atoms with Crippen LogP contribution in [0.1, 0.15) is 12.8 Å². The van der Waals surface area contributed by atoms with Gasteiger partial charge in [0.1, 0.15) is 0 Å². The van der Waals surface area contributed by atoms with Gasteiger partial charge in [0, 0.05) is 19.8 Å². The molecule has 104 valence electrons. The summed E-state index contributed by atoms with van der Waals surface area (Å²) in [6, 6.07) is 0. The number of carbonyl (C=O) groups excluding carboxylic acids is 1. The zero-order valence-electron chi connectivity index (χ0n) is 9.50. The molecule has 0 saturated carbocycles. The molecular formula is C10H14F3NO4. The van der Waals surface area contributed by atoms with Crippen molar-refractivity contribution >= 4 is 11.9 Å². The SMILES string of the molecule is O=C(O)C(CNC(=O)C(F)(F)F)CC1CCOC1. The van der Waals surface area contributed by atoms with Gasteiger partial charge in [-0.25, -0.2) is 0 Å². The van der Waals surface area contributed by atoms with E-state index in [1.165, 1.54) is 0 Å². The van der Waals surface area contributed by atoms with E-state index in [0.717, 1.165) is 0 Å². The lowest BCUT2D eigenvalue weighted by Crippen LogP contribution is -2.41. The molecule has 1 amide bonds. The van der Waals surface area contributed by atoms with Crippen LogP contribution in [0.5, 0.6) is 0 Å². The molecule has 0 aromatic heterocycles. The van der Waals surface area contributed by atoms with Crippen molar-refractivity contribution in [3.05, 3.63) is 0 Å². The van der Waals surface area contributed by atoms with Crippen LogP contribution in [-0.4, -0.2) is 42.9 Å². The monoisotopic (exact) mass is 269 g/mol. The Morgan fingerprint density at radius 2 is 2.11 bits per heavy atom. The maximum absolute atomic E-state index is 11.9. The Morgan fingerprint density at radius 1 is 1.44 bits per heavy atom. The number of aliphatic carboxylic acids is 1. The summed E-state index contributed by atoms with van der Waals surface area (Å²) in [7, 11) is 0. The van der Waals surface area contributed by atoms with Crippen LogP contribution in [0.2, 0.25) is 0 Å². The zero-order chi connectivity index (χ0) is 13.8. The Labute approximate surface area is 101 Å². The molecule has 1 fully saturated rings. The topological polar surface area (TPSA) is 75.6 Å². The van der Waals surface area contributed by atoms with Crippen molar-refractivity contribution < 1.29 is 32.6 Å². The first-order valence-corrected chi connectivity index (χ1v) is 5.46. The highest BCUT2D eigenvalue weighted by molar-refractivity contribution is 5.82. The van der Waals surface area contributed by atoms with Crippen molar-refractivity contribution in [1.29, 1.82) is 0 Å². The van der Waals surface area contributed by atoms with Crippen molar-refractivity contribution in [3.63, 3.8) is 0 Å². The quantitative estimate of drug-likeness (QED) is 0.773. The number of hydrogen-bond acceptors (Lipinski definition) is 3. The molecule has 1 saturated heterocycles. The third-order valence-electron chi connectivity index (χ3n) is 2.76. The molecule has 0 spiro atoms. The van der Waals surface area contributed by atoms with E-state index in [1.54, 1.807) is 5.32 Å². The fraction of sp³-hybridized carbons (Fsp3) is 0.800. The van der Waals surface area contributed by atoms with Crippen LogP contribution in [0.4, 0.5) is 13.2 Å². The summed E-state index contributed by atoms with van der Waals surface area (Å²) in [6.45, 7) is 0.424. The van der Waals surface area contributed by atoms with Crippen molar-refractivity contribution in [2.24, 2.45) is 11.8 Å². The first-order valence-electron chi connectivity index (χ1n) is 5.46. The molecule has 0 bridgehead atoms. The first-order chi connectivity index (χ1) is 8.30. The van der Waals surface area contributed by atoms with E-state index in [0.29, 0.717) is 19.6 Å². The van der Waals surface area contributed by atoms with Crippen LogP contribution in [0.15, 0.2) is 0 Å². The van der Waals surface area contributed by atoms with Crippen molar-refractivity contribution in [3.8, 4) is 0 Å². The van der Waals surface area contributed by atoms with Crippen LogP contribution in [0.25, 0.3) is 0 Å². The van der Waals surface area contributed by atoms with E-state index in [-0.39, 0.29) is 12.3 Å². The molecule has 1 aliphatic heterocycles. The number of carboxylic acids is 1. The molecule has 2 unspecified atom stereocenters. The minimum Gasteiger partial charge on any atom is -0.481 e. The van der Waals surface area contributed by atoms with Crippen molar-refractivity contribution in [2.45, 2.75) is 19.0 Å². The van der Waals surface area contributed by atoms with Crippen LogP contribution < -0.4 is 5.32 Å². The molecule has 0 radical (unpaired) electrons. The lowest BCUT2D eigenvalue weighted by molar-refractivity contribution is -0.174. The molecule has 1 heterocycles. The number of nitrogens with one attached hydrogen (secondary N) is 1. The van der Waals surface area contributed by atoms with Gasteiger partial charge in [-0.05, 0) is 18.8 Å². The number of alkyl halides is 3. The Hall–Kier alpha value is -1.31. The third kappa shape index (κ3) is 4.52. The second-order valence-electron chi connectivity index (χ2n) is 4.21. The predicted molar refractivity (Wildman–Crippen MR) is 53.7 cm³/mol. The van der Waals surface area contributed by atoms with E-state index in [2.05, 4.69) is 0 Å². The second-order valence-corrected chi connectivity index (χ2v) is 4.21. The van der Waals surface area contributed by atoms with Crippen LogP contribution in [0, 0.1) is 11.8 Å². The number of hydrogen-bond donors (Lipinski definition) is 2. The highest BCUT2D eigenvalue weighted by atomic mass is 19.4. The number of carbonyl (C=O) groups is 2. The van der Waals surface area contributed by atoms with Crippen molar-refractivity contribution in [1.82, 2.24) is 5.32 Å². The lowest BCUT2D eigenvalue weighted by Gasteiger charge is -2.17. The molecule has 8 heteroatoms. The Morgan fingerprint density at radius 3 is 2.56 bits per heavy atom. The molecule has 2 atom stereocenters. The summed E-state index contributed by atoms with van der Waals surface area (Å²) in [6.07, 6.45) is -4.09. The summed E-state index contributed by atoms with van der Waals surface area (Å²) in [5, 5.41) is 10.5. The third-order valence-corrected chi connectivity index (χ3v) is 2.76. The Bertz CT molecular complexity index is 313. The summed E-state index contributed by atoms with van der Waals surface area (Å²) >= 11 is 0. The minimum atomic E-state index is -4.99. The van der Waals surface area contributed by atoms with Gasteiger partial charge in [-0.2, -0.15) is 13.2 Å². The van der Waals surface area contributed by atoms with Gasteiger partial charge in [0.05, 0.1) is 5.92 Å². The lowest BCUT2D eigenvalue weighted by atomic mass is 9.94. The maximum atomic E-state index is 11.9. The molecule has 0 aliphatic carbocycles. The summed E-state index contributed by atoms with van der Waals surface area (Å²) in [5.41, 5.74) is 0. The molecule has 0 aromatic carbocycles. The molecule has 5 nitrogen and oxygen atoms in total. The highest BCUT2D eigenvalue weighted by Crippen LogP contribution is 2.21. The molecule has 18 heavy (non-hydrogen) atoms. The number of carboxylic acid groups (broad SMARTS) is 1. The van der Waals surface area contributed by atoms with E-state index in [9.17, 15) is 22.8 Å². The van der Waals surface area contributed by atoms with Gasteiger partial charge in [-0.3, -0.25) is 9.59 Å². The summed E-state index contributed by atoms with van der Waals surface area (Å²) in [4.78, 5) is 21.5. The van der Waals surface area contributed by atoms with Crippen molar-refractivity contribution in [2.75, 3.05) is 19.8 Å². The van der Waals surface area contributed by atoms with Gasteiger partial charge in [0.25, 0.3) is 0 Å². The van der Waals surface area contributed by atoms with Gasteiger partial charge in [-0.1, -0.05) is 0 Å². The number of halogens is 3. The molecule has 1 rings (SSSR count). The average Bonchev–Trinajstić information content (AvgIpc) is 2.74. The largest absolute Gasteiger partial charge is 0.481 e. The van der Waals surface area contributed by atoms with E-state index < -0.39 is 30.5 Å². The number of rotatable bonds is 5. The first kappa shape index (κ1) is 14.7. The van der Waals surface area contributed by atoms with Gasteiger partial charge >= 0.3 is 18.1 Å². The van der Waals surface area contributed by atoms with Gasteiger partial charge < -0.3 is 15.2 Å². The van der Waals surface area contributed by atoms with Crippen LogP contribution in [-0.2, 0) is 14.3 Å². The molecule has 1 aliphatic rings. The van der Waals surface area contributed by atoms with E-state index >= 15 is 0 Å². The second kappa shape index (κ2) is 6.03. The van der Waals surface area contributed by atoms with E-state index in [1.807, 2.05) is 0 Å². The van der Waals surface area contributed by atoms with Crippen LogP contribution in [0.3, 0.4) is 0 Å². The normalized spacial score (nSPS) is 21.6. The molecular weight excluding hydrogens is 255 g/mol. The Kier molecular flexibility index (Phi) is 4.94. The summed E-state index contributed by atoms with van der Waals surface area (Å²) < 4.78 is 40.8. The fourth-order valence-corrected chi connectivity index (χ4v) is 1.76.